The van der Waals surface area contributed by atoms with Crippen molar-refractivity contribution in [2.45, 2.75) is 0 Å². The maximum Gasteiger partial charge on any atom is 0.116 e. The van der Waals surface area contributed by atoms with Crippen molar-refractivity contribution in [3.8, 4) is 45.1 Å². The topological polar surface area (TPSA) is 66.1 Å². The van der Waals surface area contributed by atoms with Gasteiger partial charge in [0.15, 0.2) is 0 Å². The maximum absolute atomic E-state index is 10.6. The molecule has 5 nitrogen and oxygen atoms in total. The van der Waals surface area contributed by atoms with E-state index in [0.29, 0.717) is 0 Å². The van der Waals surface area contributed by atoms with Crippen LogP contribution in [-0.2, 0) is 0 Å². The minimum Gasteiger partial charge on any atom is -0.508 e. The van der Waals surface area contributed by atoms with Gasteiger partial charge < -0.3 is 24.3 Å². The SMILES string of the molecule is Oc1ccc2c(c1)c1cc(-c3cc(-c4ccc5c(c4)c4cc(O)ccc4n5-c4ccccc4)c4[nH]c5ccccc5c4c3)ccc1n2-c1ccccc1. The molecule has 250 valence electrons. The van der Waals surface area contributed by atoms with Crippen LogP contribution in [0.4, 0.5) is 0 Å². The normalized spacial score (nSPS) is 11.9. The largest absolute Gasteiger partial charge is 0.508 e. The number of aromatic amines is 1. The van der Waals surface area contributed by atoms with Gasteiger partial charge in [-0.2, -0.15) is 0 Å². The standard InChI is InChI=1S/C48H31N3O2/c52-34-17-21-46-40(27-34)38-23-29(15-19-44(38)50(46)32-9-3-1-4-10-32)31-25-37(48-42(26-31)36-13-7-8-14-43(36)49-48)30-16-20-45-39(24-30)41-28-35(53)18-22-47(41)51(45)33-11-5-2-6-12-33/h1-28,49,52-53H. The lowest BCUT2D eigenvalue weighted by Crippen LogP contribution is -1.93. The van der Waals surface area contributed by atoms with Gasteiger partial charge in [-0.3, -0.25) is 0 Å². The molecule has 0 aliphatic heterocycles. The monoisotopic (exact) mass is 681 g/mol. The summed E-state index contributed by atoms with van der Waals surface area (Å²) < 4.78 is 4.53. The molecule has 0 saturated heterocycles. The summed E-state index contributed by atoms with van der Waals surface area (Å²) >= 11 is 0. The van der Waals surface area contributed by atoms with Gasteiger partial charge in [0.1, 0.15) is 11.5 Å². The molecule has 0 atom stereocenters. The van der Waals surface area contributed by atoms with Gasteiger partial charge in [-0.25, -0.2) is 0 Å². The fourth-order valence-electron chi connectivity index (χ4n) is 8.43. The van der Waals surface area contributed by atoms with Crippen LogP contribution in [0.25, 0.3) is 99.0 Å². The highest BCUT2D eigenvalue weighted by molar-refractivity contribution is 6.16. The lowest BCUT2D eigenvalue weighted by atomic mass is 9.94. The van der Waals surface area contributed by atoms with E-state index in [2.05, 4.69) is 135 Å². The van der Waals surface area contributed by atoms with Gasteiger partial charge >= 0.3 is 0 Å². The molecule has 0 aliphatic rings. The number of fused-ring (bicyclic) bond motifs is 9. The number of phenols is 2. The van der Waals surface area contributed by atoms with Crippen LogP contribution in [0.5, 0.6) is 11.5 Å². The van der Waals surface area contributed by atoms with Crippen molar-refractivity contribution in [1.82, 2.24) is 14.1 Å². The van der Waals surface area contributed by atoms with Gasteiger partial charge in [0.25, 0.3) is 0 Å². The summed E-state index contributed by atoms with van der Waals surface area (Å²) in [5, 5.41) is 27.7. The van der Waals surface area contributed by atoms with E-state index in [4.69, 9.17) is 0 Å². The molecule has 0 radical (unpaired) electrons. The molecule has 5 heteroatoms. The second-order valence-electron chi connectivity index (χ2n) is 13.8. The van der Waals surface area contributed by atoms with E-state index in [-0.39, 0.29) is 11.5 Å². The van der Waals surface area contributed by atoms with Crippen molar-refractivity contribution in [2.75, 3.05) is 0 Å². The first-order chi connectivity index (χ1) is 26.1. The molecule has 0 aliphatic carbocycles. The number of nitrogens with one attached hydrogen (secondary N) is 1. The van der Waals surface area contributed by atoms with Crippen LogP contribution in [0.3, 0.4) is 0 Å². The zero-order valence-electron chi connectivity index (χ0n) is 28.5. The Morgan fingerprint density at radius 1 is 0.358 bits per heavy atom. The van der Waals surface area contributed by atoms with Gasteiger partial charge in [0.05, 0.1) is 27.6 Å². The van der Waals surface area contributed by atoms with E-state index in [0.717, 1.165) is 93.7 Å². The Morgan fingerprint density at radius 2 is 0.830 bits per heavy atom. The van der Waals surface area contributed by atoms with Gasteiger partial charge in [-0.05, 0) is 120 Å². The molecule has 3 aromatic heterocycles. The number of nitrogens with zero attached hydrogens (tertiary/aromatic N) is 2. The first kappa shape index (κ1) is 29.5. The van der Waals surface area contributed by atoms with Crippen molar-refractivity contribution in [2.24, 2.45) is 0 Å². The highest BCUT2D eigenvalue weighted by Crippen LogP contribution is 2.42. The van der Waals surface area contributed by atoms with Crippen molar-refractivity contribution in [3.05, 3.63) is 170 Å². The molecule has 0 fully saturated rings. The molecule has 11 aromatic rings. The lowest BCUT2D eigenvalue weighted by Gasteiger charge is -2.11. The summed E-state index contributed by atoms with van der Waals surface area (Å²) in [4.78, 5) is 3.75. The minimum atomic E-state index is 0.243. The second-order valence-corrected chi connectivity index (χ2v) is 13.8. The van der Waals surface area contributed by atoms with Crippen molar-refractivity contribution in [1.29, 1.82) is 0 Å². The van der Waals surface area contributed by atoms with Crippen molar-refractivity contribution in [3.63, 3.8) is 0 Å². The number of aromatic hydroxyl groups is 2. The Bertz CT molecular complexity index is 3240. The first-order valence-corrected chi connectivity index (χ1v) is 17.8. The number of H-pyrrole nitrogens is 1. The summed E-state index contributed by atoms with van der Waals surface area (Å²) in [5.41, 5.74) is 12.9. The molecule has 0 spiro atoms. The number of hydrogen-bond acceptors (Lipinski definition) is 2. The predicted molar refractivity (Wildman–Crippen MR) is 219 cm³/mol. The summed E-state index contributed by atoms with van der Waals surface area (Å²) in [6.07, 6.45) is 0. The summed E-state index contributed by atoms with van der Waals surface area (Å²) in [5.74, 6) is 0.488. The Morgan fingerprint density at radius 3 is 1.43 bits per heavy atom. The average Bonchev–Trinajstić information content (AvgIpc) is 3.85. The van der Waals surface area contributed by atoms with Crippen molar-refractivity contribution < 1.29 is 10.2 Å². The third kappa shape index (κ3) is 4.44. The van der Waals surface area contributed by atoms with E-state index >= 15 is 0 Å². The molecule has 0 bridgehead atoms. The van der Waals surface area contributed by atoms with E-state index in [1.54, 1.807) is 12.1 Å². The molecule has 11 rings (SSSR count). The molecule has 3 heterocycles. The van der Waals surface area contributed by atoms with Crippen LogP contribution >= 0.6 is 0 Å². The Hall–Kier alpha value is -7.24. The minimum absolute atomic E-state index is 0.243. The van der Waals surface area contributed by atoms with Crippen LogP contribution < -0.4 is 0 Å². The number of rotatable bonds is 4. The fraction of sp³-hybridized carbons (Fsp3) is 0. The molecule has 0 saturated carbocycles. The Balaban J connectivity index is 1.17. The van der Waals surface area contributed by atoms with E-state index in [1.807, 2.05) is 36.4 Å². The van der Waals surface area contributed by atoms with E-state index in [1.165, 1.54) is 5.39 Å². The third-order valence-electron chi connectivity index (χ3n) is 10.8. The molecule has 0 amide bonds. The zero-order chi connectivity index (χ0) is 35.2. The summed E-state index contributed by atoms with van der Waals surface area (Å²) in [7, 11) is 0. The van der Waals surface area contributed by atoms with Crippen molar-refractivity contribution >= 4 is 65.4 Å². The smallest absolute Gasteiger partial charge is 0.116 e. The lowest BCUT2D eigenvalue weighted by molar-refractivity contribution is 0.475. The summed E-state index contributed by atoms with van der Waals surface area (Å²) in [6.45, 7) is 0. The van der Waals surface area contributed by atoms with E-state index in [9.17, 15) is 10.2 Å². The highest BCUT2D eigenvalue weighted by Gasteiger charge is 2.19. The third-order valence-corrected chi connectivity index (χ3v) is 10.8. The number of aromatic nitrogens is 3. The van der Waals surface area contributed by atoms with E-state index < -0.39 is 0 Å². The maximum atomic E-state index is 10.6. The number of benzene rings is 8. The summed E-state index contributed by atoms with van der Waals surface area (Å²) in [6, 6.07) is 58.4. The molecular formula is C48H31N3O2. The number of hydrogen-bond donors (Lipinski definition) is 3. The van der Waals surface area contributed by atoms with Gasteiger partial charge in [-0.15, -0.1) is 0 Å². The quantitative estimate of drug-likeness (QED) is 0.173. The molecular weight excluding hydrogens is 651 g/mol. The highest BCUT2D eigenvalue weighted by atomic mass is 16.3. The zero-order valence-corrected chi connectivity index (χ0v) is 28.5. The van der Waals surface area contributed by atoms with Gasteiger partial charge in [0.2, 0.25) is 0 Å². The predicted octanol–water partition coefficient (Wildman–Crippen LogP) is 12.3. The average molecular weight is 682 g/mol. The molecule has 0 unspecified atom stereocenters. The van der Waals surface area contributed by atoms with Crippen LogP contribution in [-0.4, -0.2) is 24.3 Å². The first-order valence-electron chi connectivity index (χ1n) is 17.8. The van der Waals surface area contributed by atoms with Crippen LogP contribution in [0.1, 0.15) is 0 Å². The van der Waals surface area contributed by atoms with Crippen LogP contribution in [0.2, 0.25) is 0 Å². The number of phenolic OH excluding ortho intramolecular Hbond substituents is 2. The van der Waals surface area contributed by atoms with Gasteiger partial charge in [-0.1, -0.05) is 66.7 Å². The van der Waals surface area contributed by atoms with Crippen LogP contribution in [0, 0.1) is 0 Å². The molecule has 53 heavy (non-hydrogen) atoms. The number of para-hydroxylation sites is 3. The van der Waals surface area contributed by atoms with Crippen LogP contribution in [0.15, 0.2) is 170 Å². The Labute approximate surface area is 303 Å². The van der Waals surface area contributed by atoms with Gasteiger partial charge in [0, 0.05) is 54.8 Å². The second kappa shape index (κ2) is 11.1. The Kier molecular flexibility index (Phi) is 6.19. The molecule has 8 aromatic carbocycles. The molecule has 3 N–H and O–H groups in total. The fourth-order valence-corrected chi connectivity index (χ4v) is 8.43.